The Morgan fingerprint density at radius 2 is 0.848 bits per heavy atom. The van der Waals surface area contributed by atoms with Crippen molar-refractivity contribution in [2.45, 2.75) is 187 Å². The zero-order valence-corrected chi connectivity index (χ0v) is 42.3. The summed E-state index contributed by atoms with van der Waals surface area (Å²) in [6, 6.07) is -0.634. The Kier molecular flexibility index (Phi) is 44.2. The molecule has 2 unspecified atom stereocenters. The summed E-state index contributed by atoms with van der Waals surface area (Å²) in [7, 11) is 5.50. The molecule has 0 bridgehead atoms. The smallest absolute Gasteiger partial charge is 0.362 e. The van der Waals surface area contributed by atoms with Crippen molar-refractivity contribution in [2.75, 3.05) is 41.0 Å². The van der Waals surface area contributed by atoms with Crippen LogP contribution in [0.2, 0.25) is 0 Å². The molecule has 0 aromatic heterocycles. The molecule has 0 aliphatic rings. The van der Waals surface area contributed by atoms with E-state index in [0.717, 1.165) is 109 Å². The summed E-state index contributed by atoms with van der Waals surface area (Å²) in [5.74, 6) is -1.56. The first-order valence-electron chi connectivity index (χ1n) is 25.6. The lowest BCUT2D eigenvalue weighted by atomic mass is 10.1. The quantitative estimate of drug-likeness (QED) is 0.0281. The van der Waals surface area contributed by atoms with Crippen molar-refractivity contribution >= 4 is 17.9 Å². The van der Waals surface area contributed by atoms with E-state index in [0.29, 0.717) is 19.3 Å². The van der Waals surface area contributed by atoms with Gasteiger partial charge in [-0.3, -0.25) is 9.59 Å². The van der Waals surface area contributed by atoms with Crippen LogP contribution in [0.25, 0.3) is 0 Å². The lowest BCUT2D eigenvalue weighted by Crippen LogP contribution is -2.50. The second kappa shape index (κ2) is 47.2. The van der Waals surface area contributed by atoms with Crippen LogP contribution in [-0.2, 0) is 28.6 Å². The number of ether oxygens (including phenoxy) is 3. The number of carboxylic acids is 1. The number of carboxylic acid groups (broad SMARTS) is 1. The number of rotatable bonds is 44. The first-order chi connectivity index (χ1) is 32.1. The van der Waals surface area contributed by atoms with E-state index >= 15 is 0 Å². The molecule has 66 heavy (non-hydrogen) atoms. The molecule has 0 aliphatic carbocycles. The van der Waals surface area contributed by atoms with Gasteiger partial charge in [0.15, 0.2) is 12.1 Å². The van der Waals surface area contributed by atoms with E-state index in [-0.39, 0.29) is 42.7 Å². The van der Waals surface area contributed by atoms with Gasteiger partial charge in [0, 0.05) is 19.3 Å². The fraction of sp³-hybridized carbons (Fsp3) is 0.603. The molecule has 0 amide bonds. The lowest BCUT2D eigenvalue weighted by Gasteiger charge is -2.31. The second-order valence-electron chi connectivity index (χ2n) is 17.7. The molecule has 0 aromatic rings. The molecule has 0 rings (SSSR count). The highest BCUT2D eigenvalue weighted by molar-refractivity contribution is 5.72. The molecule has 372 valence electrons. The van der Waals surface area contributed by atoms with Crippen molar-refractivity contribution in [2.24, 2.45) is 0 Å². The minimum Gasteiger partial charge on any atom is -0.477 e. The fourth-order valence-corrected chi connectivity index (χ4v) is 6.66. The molecule has 0 heterocycles. The monoisotopic (exact) mass is 917 g/mol. The average molecular weight is 917 g/mol. The molecular weight excluding hydrogens is 823 g/mol. The molecule has 0 radical (unpaired) electrons. The van der Waals surface area contributed by atoms with Crippen LogP contribution >= 0.6 is 0 Å². The van der Waals surface area contributed by atoms with Gasteiger partial charge in [0.25, 0.3) is 0 Å². The SMILES string of the molecule is CC/C=C/C/C=C/C/C=C/C/C=C/C/C=C/C/C=C/CCCCC(=O)OCC(COCCC(C(=O)O)[N+](C)(C)C)OC(=O)CCCCCCC/C=C/C/C=C/C/C=C/C/C=C/CCCCC. The molecular formula is C58H94NO7+. The molecule has 0 spiro atoms. The fourth-order valence-electron chi connectivity index (χ4n) is 6.66. The maximum atomic E-state index is 12.8. The lowest BCUT2D eigenvalue weighted by molar-refractivity contribution is -0.887. The predicted molar refractivity (Wildman–Crippen MR) is 279 cm³/mol. The van der Waals surface area contributed by atoms with Crippen molar-refractivity contribution in [3.8, 4) is 0 Å². The number of allylic oxidation sites excluding steroid dienone is 20. The van der Waals surface area contributed by atoms with Gasteiger partial charge >= 0.3 is 17.9 Å². The third kappa shape index (κ3) is 44.9. The van der Waals surface area contributed by atoms with Gasteiger partial charge in [-0.1, -0.05) is 167 Å². The van der Waals surface area contributed by atoms with Crippen molar-refractivity contribution in [3.05, 3.63) is 122 Å². The minimum atomic E-state index is -0.890. The van der Waals surface area contributed by atoms with Gasteiger partial charge in [-0.15, -0.1) is 0 Å². The van der Waals surface area contributed by atoms with Crippen LogP contribution in [-0.4, -0.2) is 80.6 Å². The largest absolute Gasteiger partial charge is 0.477 e. The average Bonchev–Trinajstić information content (AvgIpc) is 3.28. The molecule has 2 atom stereocenters. The third-order valence-corrected chi connectivity index (χ3v) is 10.6. The van der Waals surface area contributed by atoms with Crippen LogP contribution in [0.4, 0.5) is 0 Å². The maximum absolute atomic E-state index is 12.8. The number of esters is 2. The van der Waals surface area contributed by atoms with E-state index in [1.165, 1.54) is 25.7 Å². The topological polar surface area (TPSA) is 99.1 Å². The van der Waals surface area contributed by atoms with Gasteiger partial charge in [-0.25, -0.2) is 4.79 Å². The van der Waals surface area contributed by atoms with E-state index in [1.54, 1.807) is 0 Å². The van der Waals surface area contributed by atoms with Crippen LogP contribution in [0.15, 0.2) is 122 Å². The van der Waals surface area contributed by atoms with Gasteiger partial charge in [-0.2, -0.15) is 0 Å². The molecule has 0 fully saturated rings. The van der Waals surface area contributed by atoms with Crippen molar-refractivity contribution < 1.29 is 38.2 Å². The number of nitrogens with zero attached hydrogens (tertiary/aromatic N) is 1. The van der Waals surface area contributed by atoms with E-state index in [1.807, 2.05) is 21.1 Å². The summed E-state index contributed by atoms with van der Waals surface area (Å²) >= 11 is 0. The second-order valence-corrected chi connectivity index (χ2v) is 17.7. The highest BCUT2D eigenvalue weighted by Crippen LogP contribution is 2.12. The highest BCUT2D eigenvalue weighted by Gasteiger charge is 2.31. The summed E-state index contributed by atoms with van der Waals surface area (Å²) in [6.07, 6.45) is 66.8. The summed E-state index contributed by atoms with van der Waals surface area (Å²) < 4.78 is 17.3. The number of likely N-dealkylation sites (N-methyl/N-ethyl adjacent to an activating group) is 1. The van der Waals surface area contributed by atoms with Gasteiger partial charge in [0.1, 0.15) is 6.61 Å². The van der Waals surface area contributed by atoms with Crippen molar-refractivity contribution in [1.29, 1.82) is 0 Å². The zero-order valence-electron chi connectivity index (χ0n) is 42.3. The van der Waals surface area contributed by atoms with Gasteiger partial charge in [-0.05, 0) is 109 Å². The number of quaternary nitrogens is 1. The number of carbonyl (C=O) groups excluding carboxylic acids is 2. The van der Waals surface area contributed by atoms with E-state index in [4.69, 9.17) is 14.2 Å². The standard InChI is InChI=1S/C58H93NO7/c1-6-8-10-12-14-16-18-20-22-24-26-28-30-32-34-36-38-40-42-44-46-48-56(60)65-53-54(52-64-51-50-55(58(62)63)59(3,4)5)66-57(61)49-47-45-43-41-39-37-35-33-31-29-27-25-23-21-19-17-15-13-11-9-7-2/h8,10,14-17,20-23,26-29,32-35,38,40,54-55H,6-7,9,11-13,18-19,24-25,30-31,36-37,39,41-53H2,1-5H3/p+1/b10-8+,16-14+,17-15+,22-20+,23-21+,28-26+,29-27+,34-32+,35-33+,40-38+. The zero-order chi connectivity index (χ0) is 48.4. The number of carbonyl (C=O) groups is 3. The molecule has 8 nitrogen and oxygen atoms in total. The van der Waals surface area contributed by atoms with Crippen LogP contribution in [0, 0.1) is 0 Å². The molecule has 1 N–H and O–H groups in total. The Morgan fingerprint density at radius 3 is 1.29 bits per heavy atom. The minimum absolute atomic E-state index is 0.0304. The van der Waals surface area contributed by atoms with Crippen LogP contribution in [0.5, 0.6) is 0 Å². The number of aliphatic carboxylic acids is 1. The summed E-state index contributed by atoms with van der Waals surface area (Å²) in [6.45, 7) is 4.51. The van der Waals surface area contributed by atoms with Crippen LogP contribution < -0.4 is 0 Å². The first kappa shape index (κ1) is 61.7. The van der Waals surface area contributed by atoms with Crippen molar-refractivity contribution in [3.63, 3.8) is 0 Å². The number of unbranched alkanes of at least 4 members (excludes halogenated alkanes) is 10. The molecule has 8 heteroatoms. The van der Waals surface area contributed by atoms with E-state index < -0.39 is 18.1 Å². The highest BCUT2D eigenvalue weighted by atomic mass is 16.6. The summed E-state index contributed by atoms with van der Waals surface area (Å²) in [5, 5.41) is 9.66. The Hall–Kier alpha value is -4.27. The van der Waals surface area contributed by atoms with Gasteiger partial charge in [0.2, 0.25) is 0 Å². The summed E-state index contributed by atoms with van der Waals surface area (Å²) in [4.78, 5) is 37.2. The Morgan fingerprint density at radius 1 is 0.470 bits per heavy atom. The van der Waals surface area contributed by atoms with Crippen LogP contribution in [0.3, 0.4) is 0 Å². The van der Waals surface area contributed by atoms with Crippen LogP contribution in [0.1, 0.15) is 174 Å². The normalized spacial score (nSPS) is 13.9. The third-order valence-electron chi connectivity index (χ3n) is 10.6. The molecule has 0 aliphatic heterocycles. The molecule has 0 saturated carbocycles. The van der Waals surface area contributed by atoms with E-state index in [9.17, 15) is 19.5 Å². The predicted octanol–water partition coefficient (Wildman–Crippen LogP) is 15.0. The number of hydrogen-bond donors (Lipinski definition) is 1. The first-order valence-corrected chi connectivity index (χ1v) is 25.6. The maximum Gasteiger partial charge on any atom is 0.362 e. The Labute approximate surface area is 403 Å². The Bertz CT molecular complexity index is 1490. The van der Waals surface area contributed by atoms with Gasteiger partial charge in [0.05, 0.1) is 34.4 Å². The van der Waals surface area contributed by atoms with E-state index in [2.05, 4.69) is 135 Å². The molecule has 0 aromatic carbocycles. The summed E-state index contributed by atoms with van der Waals surface area (Å²) in [5.41, 5.74) is 0. The van der Waals surface area contributed by atoms with Gasteiger partial charge < -0.3 is 23.8 Å². The molecule has 0 saturated heterocycles. The van der Waals surface area contributed by atoms with Crippen molar-refractivity contribution in [1.82, 2.24) is 0 Å². The number of hydrogen-bond acceptors (Lipinski definition) is 6. The Balaban J connectivity index is 4.42.